The quantitative estimate of drug-likeness (QED) is 0.130. The normalized spacial score (nSPS) is 13.2. The van der Waals surface area contributed by atoms with Crippen LogP contribution in [0.5, 0.6) is 0 Å². The maximum absolute atomic E-state index is 11.0. The summed E-state index contributed by atoms with van der Waals surface area (Å²) in [7, 11) is -3.85. The van der Waals surface area contributed by atoms with Crippen LogP contribution in [0, 0.1) is 12.8 Å². The van der Waals surface area contributed by atoms with E-state index in [1.807, 2.05) is 0 Å². The molecule has 9 heteroatoms. The number of aliphatic carboxylic acids is 1. The molecular weight excluding hydrogens is 375 g/mol. The molecule has 0 saturated heterocycles. The summed E-state index contributed by atoms with van der Waals surface area (Å²) in [6.07, 6.45) is 7.56. The second kappa shape index (κ2) is 17.6. The van der Waals surface area contributed by atoms with Gasteiger partial charge in [0.25, 0.3) is 0 Å². The summed E-state index contributed by atoms with van der Waals surface area (Å²) in [5.41, 5.74) is 0. The Balaban J connectivity index is -0.000000513. The molecule has 2 atom stereocenters. The van der Waals surface area contributed by atoms with Crippen molar-refractivity contribution in [3.63, 3.8) is 0 Å². The largest absolute Gasteiger partial charge is 1.00 e. The molecule has 0 amide bonds. The Hall–Kier alpha value is 0.226. The van der Waals surface area contributed by atoms with Gasteiger partial charge in [-0.1, -0.05) is 45.6 Å². The van der Waals surface area contributed by atoms with E-state index in [0.717, 1.165) is 25.7 Å². The Morgan fingerprint density at radius 2 is 1.76 bits per heavy atom. The van der Waals surface area contributed by atoms with Crippen LogP contribution < -0.4 is 51.4 Å². The molecule has 2 unspecified atom stereocenters. The Morgan fingerprint density at radius 1 is 1.24 bits per heavy atom. The number of unbranched alkanes of at least 4 members (excludes halogenated alkanes) is 3. The van der Waals surface area contributed by atoms with Gasteiger partial charge in [-0.3, -0.25) is 9.35 Å². The van der Waals surface area contributed by atoms with E-state index < -0.39 is 33.2 Å². The number of hydrogen-bond acceptors (Lipinski definition) is 5. The van der Waals surface area contributed by atoms with Crippen molar-refractivity contribution in [2.75, 3.05) is 6.61 Å². The Labute approximate surface area is 193 Å². The third-order valence-electron chi connectivity index (χ3n) is 2.99. The molecule has 25 heavy (non-hydrogen) atoms. The van der Waals surface area contributed by atoms with Gasteiger partial charge in [0.1, 0.15) is 6.61 Å². The number of esters is 1. The number of carbonyl (C=O) groups excluding carboxylic acids is 1. The van der Waals surface area contributed by atoms with E-state index in [2.05, 4.69) is 13.8 Å². The first kappa shape index (κ1) is 30.0. The maximum Gasteiger partial charge on any atom is 1.00 e. The summed E-state index contributed by atoms with van der Waals surface area (Å²) in [6, 6.07) is 0. The fourth-order valence-corrected chi connectivity index (χ4v) is 1.46. The molecule has 0 bridgehead atoms. The summed E-state index contributed by atoms with van der Waals surface area (Å²) in [4.78, 5) is 22.0. The minimum absolute atomic E-state index is 0. The molecule has 2 N–H and O–H groups in total. The zero-order chi connectivity index (χ0) is 19.2. The topological polar surface area (TPSA) is 118 Å². The van der Waals surface area contributed by atoms with Crippen LogP contribution in [0.2, 0.25) is 0 Å². The number of carboxylic acids is 1. The van der Waals surface area contributed by atoms with Gasteiger partial charge in [-0.05, 0) is 18.6 Å². The molecule has 7 nitrogen and oxygen atoms in total. The monoisotopic (exact) mass is 404 g/mol. The SMILES string of the molecule is CC=CC(=O)OCC(CCCCCC)C(=O)O.[CH2-]C(C)S(=O)(=O)O.[K+]. The van der Waals surface area contributed by atoms with Gasteiger partial charge in [0.15, 0.2) is 0 Å². The minimum Gasteiger partial charge on any atom is -0.481 e. The van der Waals surface area contributed by atoms with E-state index in [9.17, 15) is 18.0 Å². The molecule has 0 aromatic carbocycles. The van der Waals surface area contributed by atoms with E-state index in [0.29, 0.717) is 6.42 Å². The number of rotatable bonds is 10. The molecule has 0 radical (unpaired) electrons. The van der Waals surface area contributed by atoms with Crippen molar-refractivity contribution in [1.29, 1.82) is 0 Å². The number of hydrogen-bond donors (Lipinski definition) is 2. The van der Waals surface area contributed by atoms with Crippen LogP contribution in [0.25, 0.3) is 0 Å². The van der Waals surface area contributed by atoms with Crippen molar-refractivity contribution in [3.8, 4) is 0 Å². The molecule has 0 aliphatic carbocycles. The van der Waals surface area contributed by atoms with Crippen LogP contribution in [0.3, 0.4) is 0 Å². The van der Waals surface area contributed by atoms with Crippen molar-refractivity contribution in [3.05, 3.63) is 19.1 Å². The second-order valence-electron chi connectivity index (χ2n) is 5.34. The Kier molecular flexibility index (Phi) is 21.1. The molecule has 0 aromatic rings. The van der Waals surface area contributed by atoms with Crippen molar-refractivity contribution in [1.82, 2.24) is 0 Å². The van der Waals surface area contributed by atoms with E-state index >= 15 is 0 Å². The molecule has 0 aliphatic heterocycles. The summed E-state index contributed by atoms with van der Waals surface area (Å²) < 4.78 is 32.5. The first-order valence-corrected chi connectivity index (χ1v) is 9.38. The van der Waals surface area contributed by atoms with Crippen LogP contribution in [0.4, 0.5) is 0 Å². The van der Waals surface area contributed by atoms with E-state index in [1.165, 1.54) is 13.0 Å². The molecule has 0 spiro atoms. The minimum atomic E-state index is -3.85. The summed E-state index contributed by atoms with van der Waals surface area (Å²) in [5, 5.41) is 8.04. The van der Waals surface area contributed by atoms with Crippen LogP contribution >= 0.6 is 0 Å². The average molecular weight is 405 g/mol. The van der Waals surface area contributed by atoms with E-state index in [4.69, 9.17) is 14.4 Å². The third-order valence-corrected chi connectivity index (χ3v) is 4.01. The number of allylic oxidation sites excluding steroid dienone is 1. The fraction of sp³-hybridized carbons (Fsp3) is 0.688. The van der Waals surface area contributed by atoms with Crippen molar-refractivity contribution in [2.24, 2.45) is 5.92 Å². The van der Waals surface area contributed by atoms with Gasteiger partial charge in [-0.2, -0.15) is 0 Å². The van der Waals surface area contributed by atoms with Gasteiger partial charge in [0.2, 0.25) is 10.1 Å². The summed E-state index contributed by atoms with van der Waals surface area (Å²) >= 11 is 0. The molecule has 0 fully saturated rings. The first-order chi connectivity index (χ1) is 11.1. The van der Waals surface area contributed by atoms with Gasteiger partial charge < -0.3 is 16.8 Å². The summed E-state index contributed by atoms with van der Waals surface area (Å²) in [6.45, 7) is 8.15. The predicted molar refractivity (Wildman–Crippen MR) is 92.0 cm³/mol. The molecule has 0 heterocycles. The van der Waals surface area contributed by atoms with Gasteiger partial charge in [0, 0.05) is 6.08 Å². The van der Waals surface area contributed by atoms with Crippen molar-refractivity contribution in [2.45, 2.75) is 58.1 Å². The molecule has 0 saturated carbocycles. The van der Waals surface area contributed by atoms with E-state index in [-0.39, 0.29) is 58.0 Å². The van der Waals surface area contributed by atoms with Crippen molar-refractivity contribution >= 4 is 22.1 Å². The third kappa shape index (κ3) is 20.4. The summed E-state index contributed by atoms with van der Waals surface area (Å²) in [5.74, 6) is -1.96. The molecule has 142 valence electrons. The standard InChI is InChI=1S/C13H22O4.C3H7O3S.K/c1-3-5-6-7-9-11(13(15)16)10-17-12(14)8-4-2;1-3(2)7(4,5)6;/h4,8,11H,3,5-7,9-10H2,1-2H3,(H,15,16);3H,1H2,2H3,(H,4,5,6);/q;-1;+1. The number of carboxylic acid groups (broad SMARTS) is 1. The number of ether oxygens (including phenoxy) is 1. The maximum atomic E-state index is 11.0. The van der Waals surface area contributed by atoms with Crippen LogP contribution in [0.15, 0.2) is 12.2 Å². The van der Waals surface area contributed by atoms with Crippen LogP contribution in [-0.2, 0) is 24.4 Å². The molecule has 0 aromatic heterocycles. The van der Waals surface area contributed by atoms with Gasteiger partial charge in [-0.25, -0.2) is 13.2 Å². The number of carbonyl (C=O) groups is 2. The van der Waals surface area contributed by atoms with E-state index in [1.54, 1.807) is 13.0 Å². The Morgan fingerprint density at radius 3 is 2.12 bits per heavy atom. The van der Waals surface area contributed by atoms with Gasteiger partial charge in [0.05, 0.1) is 5.92 Å². The predicted octanol–water partition coefficient (Wildman–Crippen LogP) is -0.122. The van der Waals surface area contributed by atoms with Crippen LogP contribution in [0.1, 0.15) is 52.9 Å². The van der Waals surface area contributed by atoms with Crippen molar-refractivity contribution < 1.29 is 83.8 Å². The zero-order valence-corrected chi connectivity index (χ0v) is 19.5. The zero-order valence-electron chi connectivity index (χ0n) is 15.6. The van der Waals surface area contributed by atoms with Crippen LogP contribution in [-0.4, -0.2) is 41.9 Å². The molecular formula is C16H29KO7S. The average Bonchev–Trinajstić information content (AvgIpc) is 2.46. The second-order valence-corrected chi connectivity index (χ2v) is 7.17. The first-order valence-electron chi connectivity index (χ1n) is 7.87. The van der Waals surface area contributed by atoms with Gasteiger partial charge >= 0.3 is 63.3 Å². The Bertz CT molecular complexity index is 487. The van der Waals surface area contributed by atoms with Gasteiger partial charge in [-0.15, -0.1) is 0 Å². The fourth-order valence-electron chi connectivity index (χ4n) is 1.46. The smallest absolute Gasteiger partial charge is 0.481 e. The molecule has 0 aliphatic rings. The molecule has 0 rings (SSSR count).